The molecule has 62 valence electrons. The van der Waals surface area contributed by atoms with E-state index in [9.17, 15) is 0 Å². The zero-order chi connectivity index (χ0) is 9.26. The Kier molecular flexibility index (Phi) is 1.99. The molecular formula is C10H5BrN2. The molecule has 2 nitrogen and oxygen atoms in total. The van der Waals surface area contributed by atoms with Crippen molar-refractivity contribution < 1.29 is 0 Å². The largest absolute Gasteiger partial charge is 0.249 e. The summed E-state index contributed by atoms with van der Waals surface area (Å²) in [5, 5.41) is 10.7. The van der Waals surface area contributed by atoms with E-state index in [0.717, 1.165) is 15.4 Å². The zero-order valence-electron chi connectivity index (χ0n) is 6.66. The van der Waals surface area contributed by atoms with Crippen LogP contribution in [0, 0.1) is 11.3 Å². The first-order valence-electron chi connectivity index (χ1n) is 3.75. The lowest BCUT2D eigenvalue weighted by atomic mass is 10.1. The number of pyridine rings is 1. The third-order valence-corrected chi connectivity index (χ3v) is 2.48. The summed E-state index contributed by atoms with van der Waals surface area (Å²) in [7, 11) is 0. The lowest BCUT2D eigenvalue weighted by Crippen LogP contribution is -1.80. The molecule has 0 bridgehead atoms. The van der Waals surface area contributed by atoms with Crippen LogP contribution in [0.2, 0.25) is 0 Å². The Bertz CT molecular complexity index is 500. The summed E-state index contributed by atoms with van der Waals surface area (Å²) in [6, 6.07) is 9.52. The van der Waals surface area contributed by atoms with Crippen molar-refractivity contribution in [3.63, 3.8) is 0 Å². The highest BCUT2D eigenvalue weighted by Gasteiger charge is 1.99. The Morgan fingerprint density at radius 2 is 2.15 bits per heavy atom. The molecule has 2 rings (SSSR count). The summed E-state index contributed by atoms with van der Waals surface area (Å²) in [5.41, 5.74) is 0.672. The lowest BCUT2D eigenvalue weighted by Gasteiger charge is -1.98. The highest BCUT2D eigenvalue weighted by atomic mass is 79.9. The van der Waals surface area contributed by atoms with Crippen LogP contribution in [0.3, 0.4) is 0 Å². The van der Waals surface area contributed by atoms with Crippen molar-refractivity contribution in [1.29, 1.82) is 5.26 Å². The van der Waals surface area contributed by atoms with Gasteiger partial charge < -0.3 is 0 Å². The third-order valence-electron chi connectivity index (χ3n) is 1.84. The van der Waals surface area contributed by atoms with E-state index in [0.29, 0.717) is 5.56 Å². The Labute approximate surface area is 84.0 Å². The molecule has 1 aromatic carbocycles. The van der Waals surface area contributed by atoms with Gasteiger partial charge >= 0.3 is 0 Å². The van der Waals surface area contributed by atoms with Crippen molar-refractivity contribution in [2.24, 2.45) is 0 Å². The highest BCUT2D eigenvalue weighted by molar-refractivity contribution is 9.10. The van der Waals surface area contributed by atoms with E-state index in [1.165, 1.54) is 0 Å². The number of halogens is 1. The Morgan fingerprint density at radius 1 is 1.31 bits per heavy atom. The van der Waals surface area contributed by atoms with Gasteiger partial charge in [-0.15, -0.1) is 0 Å². The molecule has 0 atom stereocenters. The molecule has 13 heavy (non-hydrogen) atoms. The van der Waals surface area contributed by atoms with Crippen LogP contribution in [0.5, 0.6) is 0 Å². The van der Waals surface area contributed by atoms with Gasteiger partial charge in [0.2, 0.25) is 0 Å². The lowest BCUT2D eigenvalue weighted by molar-refractivity contribution is 1.31. The maximum atomic E-state index is 8.69. The number of aromatic nitrogens is 1. The third kappa shape index (κ3) is 1.41. The van der Waals surface area contributed by atoms with Gasteiger partial charge in [-0.2, -0.15) is 5.26 Å². The number of benzene rings is 1. The fourth-order valence-corrected chi connectivity index (χ4v) is 1.69. The predicted octanol–water partition coefficient (Wildman–Crippen LogP) is 2.87. The maximum Gasteiger partial charge on any atom is 0.113 e. The predicted molar refractivity (Wildman–Crippen MR) is 54.2 cm³/mol. The summed E-state index contributed by atoms with van der Waals surface area (Å²) < 4.78 is 0.814. The molecule has 3 heteroatoms. The number of rotatable bonds is 0. The second kappa shape index (κ2) is 3.15. The number of hydrogen-bond acceptors (Lipinski definition) is 2. The van der Waals surface area contributed by atoms with E-state index in [4.69, 9.17) is 5.26 Å². The summed E-state index contributed by atoms with van der Waals surface area (Å²) >= 11 is 3.35. The average molecular weight is 233 g/mol. The van der Waals surface area contributed by atoms with Crippen molar-refractivity contribution in [2.45, 2.75) is 0 Å². The minimum Gasteiger partial charge on any atom is -0.249 e. The molecule has 2 aromatic rings. The number of nitrogens with zero attached hydrogens (tertiary/aromatic N) is 2. The molecule has 0 amide bonds. The molecule has 0 saturated carbocycles. The molecule has 0 fully saturated rings. The molecule has 0 unspecified atom stereocenters. The molecule has 0 aliphatic rings. The van der Waals surface area contributed by atoms with Gasteiger partial charge in [-0.1, -0.05) is 6.07 Å². The zero-order valence-corrected chi connectivity index (χ0v) is 8.25. The second-order valence-corrected chi connectivity index (χ2v) is 3.40. The van der Waals surface area contributed by atoms with Gasteiger partial charge in [-0.3, -0.25) is 0 Å². The van der Waals surface area contributed by atoms with Crippen LogP contribution >= 0.6 is 15.9 Å². The number of fused-ring (bicyclic) bond motifs is 1. The first kappa shape index (κ1) is 8.21. The van der Waals surface area contributed by atoms with Crippen LogP contribution in [-0.2, 0) is 0 Å². The average Bonchev–Trinajstić information content (AvgIpc) is 2.18. The minimum absolute atomic E-state index is 0.672. The summed E-state index contributed by atoms with van der Waals surface area (Å²) in [6.45, 7) is 0. The minimum atomic E-state index is 0.672. The van der Waals surface area contributed by atoms with Gasteiger partial charge in [0.15, 0.2) is 0 Å². The monoisotopic (exact) mass is 232 g/mol. The standard InChI is InChI=1S/C10H5BrN2/c11-10-9-2-1-7(6-12)5-8(9)3-4-13-10/h1-5H. The fraction of sp³-hybridized carbons (Fsp3) is 0. The summed E-state index contributed by atoms with van der Waals surface area (Å²) in [6.07, 6.45) is 1.72. The van der Waals surface area contributed by atoms with Crippen molar-refractivity contribution in [2.75, 3.05) is 0 Å². The van der Waals surface area contributed by atoms with Gasteiger partial charge in [-0.25, -0.2) is 4.98 Å². The summed E-state index contributed by atoms with van der Waals surface area (Å²) in [4.78, 5) is 4.10. The molecule has 0 saturated heterocycles. The smallest absolute Gasteiger partial charge is 0.113 e. The van der Waals surface area contributed by atoms with Gasteiger partial charge in [0.1, 0.15) is 4.60 Å². The first-order chi connectivity index (χ1) is 6.31. The molecule has 0 N–H and O–H groups in total. The Balaban J connectivity index is 2.82. The molecule has 0 aliphatic heterocycles. The second-order valence-electron chi connectivity index (χ2n) is 2.65. The maximum absolute atomic E-state index is 8.69. The molecule has 1 heterocycles. The Hall–Kier alpha value is -1.40. The first-order valence-corrected chi connectivity index (χ1v) is 4.55. The highest BCUT2D eigenvalue weighted by Crippen LogP contribution is 2.21. The van der Waals surface area contributed by atoms with Crippen molar-refractivity contribution >= 4 is 26.7 Å². The summed E-state index contributed by atoms with van der Waals surface area (Å²) in [5.74, 6) is 0. The van der Waals surface area contributed by atoms with Crippen LogP contribution in [0.4, 0.5) is 0 Å². The number of nitriles is 1. The van der Waals surface area contributed by atoms with E-state index in [1.54, 1.807) is 12.3 Å². The van der Waals surface area contributed by atoms with E-state index >= 15 is 0 Å². The quantitative estimate of drug-likeness (QED) is 0.656. The SMILES string of the molecule is N#Cc1ccc2c(Br)nccc2c1. The molecule has 1 aromatic heterocycles. The van der Waals surface area contributed by atoms with Crippen molar-refractivity contribution in [1.82, 2.24) is 4.98 Å². The molecule has 0 aliphatic carbocycles. The van der Waals surface area contributed by atoms with Crippen molar-refractivity contribution in [3.05, 3.63) is 40.6 Å². The van der Waals surface area contributed by atoms with Crippen LogP contribution in [0.1, 0.15) is 5.56 Å². The molecular weight excluding hydrogens is 228 g/mol. The number of hydrogen-bond donors (Lipinski definition) is 0. The fourth-order valence-electron chi connectivity index (χ4n) is 1.21. The van der Waals surface area contributed by atoms with Gasteiger partial charge in [-0.05, 0) is 39.5 Å². The van der Waals surface area contributed by atoms with Gasteiger partial charge in [0.25, 0.3) is 0 Å². The van der Waals surface area contributed by atoms with E-state index in [-0.39, 0.29) is 0 Å². The van der Waals surface area contributed by atoms with E-state index in [1.807, 2.05) is 18.2 Å². The molecule has 0 spiro atoms. The Morgan fingerprint density at radius 3 is 2.92 bits per heavy atom. The van der Waals surface area contributed by atoms with E-state index in [2.05, 4.69) is 27.0 Å². The van der Waals surface area contributed by atoms with E-state index < -0.39 is 0 Å². The van der Waals surface area contributed by atoms with Gasteiger partial charge in [0.05, 0.1) is 11.6 Å². The van der Waals surface area contributed by atoms with Crippen molar-refractivity contribution in [3.8, 4) is 6.07 Å². The topological polar surface area (TPSA) is 36.7 Å². The van der Waals surface area contributed by atoms with Crippen LogP contribution < -0.4 is 0 Å². The van der Waals surface area contributed by atoms with Crippen LogP contribution in [0.25, 0.3) is 10.8 Å². The van der Waals surface area contributed by atoms with Crippen LogP contribution in [-0.4, -0.2) is 4.98 Å². The molecule has 0 radical (unpaired) electrons. The van der Waals surface area contributed by atoms with Gasteiger partial charge in [0, 0.05) is 11.6 Å². The normalized spacial score (nSPS) is 9.85. The van der Waals surface area contributed by atoms with Crippen LogP contribution in [0.15, 0.2) is 35.1 Å².